The Morgan fingerprint density at radius 2 is 1.92 bits per heavy atom. The summed E-state index contributed by atoms with van der Waals surface area (Å²) in [6.07, 6.45) is 7.22. The largest absolute Gasteiger partial charge is 0.390 e. The molecular weight excluding hydrogens is 304 g/mol. The van der Waals surface area contributed by atoms with Crippen LogP contribution in [0.15, 0.2) is 35.5 Å². The third kappa shape index (κ3) is 4.79. The van der Waals surface area contributed by atoms with Gasteiger partial charge in [-0.3, -0.25) is 0 Å². The molecular formula is C20H32O4. The van der Waals surface area contributed by atoms with E-state index in [9.17, 15) is 10.2 Å². The lowest BCUT2D eigenvalue weighted by Gasteiger charge is -2.36. The molecule has 4 nitrogen and oxygen atoms in total. The van der Waals surface area contributed by atoms with Crippen molar-refractivity contribution in [3.8, 4) is 0 Å². The molecule has 0 radical (unpaired) electrons. The SMILES string of the molecule is C=C1CCC(O)C(C)(O)CCC(=C(C)C)C=CC2(C)CCC1OO2. The normalized spacial score (nSPS) is 38.9. The Hall–Kier alpha value is -0.940. The van der Waals surface area contributed by atoms with E-state index >= 15 is 0 Å². The van der Waals surface area contributed by atoms with E-state index in [4.69, 9.17) is 9.78 Å². The Kier molecular flexibility index (Phi) is 6.08. The van der Waals surface area contributed by atoms with Crippen LogP contribution in [0.5, 0.6) is 0 Å². The van der Waals surface area contributed by atoms with Crippen molar-refractivity contribution in [2.24, 2.45) is 0 Å². The van der Waals surface area contributed by atoms with E-state index in [1.54, 1.807) is 6.92 Å². The predicted octanol–water partition coefficient (Wildman–Crippen LogP) is 3.99. The minimum absolute atomic E-state index is 0.144. The van der Waals surface area contributed by atoms with E-state index in [1.165, 1.54) is 5.57 Å². The van der Waals surface area contributed by atoms with Gasteiger partial charge in [0.25, 0.3) is 0 Å². The monoisotopic (exact) mass is 336 g/mol. The first-order valence-electron chi connectivity index (χ1n) is 8.91. The number of rotatable bonds is 0. The van der Waals surface area contributed by atoms with Crippen molar-refractivity contribution in [1.29, 1.82) is 0 Å². The van der Waals surface area contributed by atoms with Crippen molar-refractivity contribution in [1.82, 2.24) is 0 Å². The van der Waals surface area contributed by atoms with Crippen LogP contribution in [0, 0.1) is 0 Å². The van der Waals surface area contributed by atoms with Crippen molar-refractivity contribution < 1.29 is 20.0 Å². The van der Waals surface area contributed by atoms with Crippen molar-refractivity contribution >= 4 is 0 Å². The summed E-state index contributed by atoms with van der Waals surface area (Å²) in [5.41, 5.74) is 1.73. The summed E-state index contributed by atoms with van der Waals surface area (Å²) in [4.78, 5) is 11.2. The fraction of sp³-hybridized carbons (Fsp3) is 0.700. The zero-order valence-electron chi connectivity index (χ0n) is 15.5. The molecule has 136 valence electrons. The molecule has 0 amide bonds. The first-order chi connectivity index (χ1) is 11.1. The molecule has 3 rings (SSSR count). The molecule has 3 aliphatic rings. The smallest absolute Gasteiger partial charge is 0.119 e. The van der Waals surface area contributed by atoms with Gasteiger partial charge in [0, 0.05) is 0 Å². The molecule has 2 bridgehead atoms. The van der Waals surface area contributed by atoms with Crippen molar-refractivity contribution in [2.75, 3.05) is 0 Å². The Morgan fingerprint density at radius 1 is 1.21 bits per heavy atom. The van der Waals surface area contributed by atoms with E-state index < -0.39 is 17.3 Å². The molecule has 2 aliphatic heterocycles. The fourth-order valence-electron chi connectivity index (χ4n) is 3.18. The fourth-order valence-corrected chi connectivity index (χ4v) is 3.18. The lowest BCUT2D eigenvalue weighted by atomic mass is 9.85. The molecule has 0 aromatic rings. The summed E-state index contributed by atoms with van der Waals surface area (Å²) in [7, 11) is 0. The highest BCUT2D eigenvalue weighted by atomic mass is 17.2. The van der Waals surface area contributed by atoms with E-state index in [1.807, 2.05) is 13.0 Å². The summed E-state index contributed by atoms with van der Waals surface area (Å²) in [5.74, 6) is 0. The topological polar surface area (TPSA) is 58.9 Å². The quantitative estimate of drug-likeness (QED) is 0.519. The van der Waals surface area contributed by atoms with Crippen LogP contribution in [0.3, 0.4) is 0 Å². The van der Waals surface area contributed by atoms with Gasteiger partial charge in [-0.15, -0.1) is 0 Å². The van der Waals surface area contributed by atoms with Crippen LogP contribution in [-0.4, -0.2) is 33.6 Å². The molecule has 0 aromatic heterocycles. The lowest BCUT2D eigenvalue weighted by molar-refractivity contribution is -0.386. The summed E-state index contributed by atoms with van der Waals surface area (Å²) < 4.78 is 0. The van der Waals surface area contributed by atoms with E-state index in [-0.39, 0.29) is 6.10 Å². The second-order valence-corrected chi connectivity index (χ2v) is 7.95. The zero-order valence-corrected chi connectivity index (χ0v) is 15.5. The summed E-state index contributed by atoms with van der Waals surface area (Å²) in [5, 5.41) is 21.0. The number of fused-ring (bicyclic) bond motifs is 10. The number of allylic oxidation sites excluding steroid dienone is 3. The van der Waals surface area contributed by atoms with Crippen LogP contribution in [0.2, 0.25) is 0 Å². The number of aliphatic hydroxyl groups excluding tert-OH is 1. The Bertz CT molecular complexity index is 518. The summed E-state index contributed by atoms with van der Waals surface area (Å²) in [6.45, 7) is 11.9. The minimum Gasteiger partial charge on any atom is -0.390 e. The number of aliphatic hydroxyl groups is 2. The minimum atomic E-state index is -1.11. The average Bonchev–Trinajstić information content (AvgIpc) is 2.51. The Labute approximate surface area is 145 Å². The van der Waals surface area contributed by atoms with Gasteiger partial charge in [0.1, 0.15) is 11.7 Å². The molecule has 1 aliphatic carbocycles. The molecule has 0 saturated carbocycles. The molecule has 0 aromatic carbocycles. The average molecular weight is 336 g/mol. The van der Waals surface area contributed by atoms with Crippen LogP contribution in [0.4, 0.5) is 0 Å². The molecule has 2 N–H and O–H groups in total. The molecule has 1 fully saturated rings. The van der Waals surface area contributed by atoms with Crippen LogP contribution in [-0.2, 0) is 9.78 Å². The first kappa shape index (κ1) is 19.4. The highest BCUT2D eigenvalue weighted by Crippen LogP contribution is 2.34. The molecule has 4 heteroatoms. The number of hydrogen-bond donors (Lipinski definition) is 2. The summed E-state index contributed by atoms with van der Waals surface area (Å²) >= 11 is 0. The van der Waals surface area contributed by atoms with Gasteiger partial charge in [-0.05, 0) is 83.4 Å². The van der Waals surface area contributed by atoms with Gasteiger partial charge in [0.15, 0.2) is 0 Å². The summed E-state index contributed by atoms with van der Waals surface area (Å²) in [6, 6.07) is 0. The highest BCUT2D eigenvalue weighted by molar-refractivity contribution is 5.26. The van der Waals surface area contributed by atoms with E-state index in [0.717, 1.165) is 24.0 Å². The molecule has 2 heterocycles. The van der Waals surface area contributed by atoms with Gasteiger partial charge >= 0.3 is 0 Å². The Balaban J connectivity index is 2.27. The second kappa shape index (κ2) is 7.52. The van der Waals surface area contributed by atoms with E-state index in [2.05, 4.69) is 26.5 Å². The maximum Gasteiger partial charge on any atom is 0.119 e. The van der Waals surface area contributed by atoms with Gasteiger partial charge in [-0.2, -0.15) is 0 Å². The van der Waals surface area contributed by atoms with Crippen LogP contribution in [0.25, 0.3) is 0 Å². The maximum absolute atomic E-state index is 10.6. The van der Waals surface area contributed by atoms with E-state index in [0.29, 0.717) is 25.7 Å². The predicted molar refractivity (Wildman–Crippen MR) is 95.3 cm³/mol. The highest BCUT2D eigenvalue weighted by Gasteiger charge is 2.35. The van der Waals surface area contributed by atoms with Crippen molar-refractivity contribution in [3.05, 3.63) is 35.5 Å². The second-order valence-electron chi connectivity index (χ2n) is 7.95. The Morgan fingerprint density at radius 3 is 2.50 bits per heavy atom. The van der Waals surface area contributed by atoms with Crippen LogP contribution < -0.4 is 0 Å². The van der Waals surface area contributed by atoms with Gasteiger partial charge in [0.05, 0.1) is 11.7 Å². The molecule has 1 saturated heterocycles. The number of hydrogen-bond acceptors (Lipinski definition) is 4. The van der Waals surface area contributed by atoms with Crippen LogP contribution >= 0.6 is 0 Å². The van der Waals surface area contributed by atoms with Gasteiger partial charge in [-0.25, -0.2) is 9.78 Å². The zero-order chi connectivity index (χ0) is 18.0. The van der Waals surface area contributed by atoms with Gasteiger partial charge in [-0.1, -0.05) is 18.2 Å². The molecule has 0 spiro atoms. The molecule has 4 unspecified atom stereocenters. The molecule has 4 atom stereocenters. The third-order valence-electron chi connectivity index (χ3n) is 5.35. The van der Waals surface area contributed by atoms with Gasteiger partial charge < -0.3 is 10.2 Å². The maximum atomic E-state index is 10.6. The van der Waals surface area contributed by atoms with Crippen molar-refractivity contribution in [3.63, 3.8) is 0 Å². The standard InChI is InChI=1S/C20H32O4/c1-14(2)16-8-11-19(4)12-10-17(23-24-19)15(3)6-7-18(21)20(5,22)13-9-16/h8,11,17-18,21-22H,3,6-7,9-10,12-13H2,1-2,4-5H3. The van der Waals surface area contributed by atoms with Gasteiger partial charge in [0.2, 0.25) is 0 Å². The lowest BCUT2D eigenvalue weighted by Crippen LogP contribution is -2.40. The van der Waals surface area contributed by atoms with Crippen LogP contribution in [0.1, 0.15) is 66.2 Å². The molecule has 24 heavy (non-hydrogen) atoms. The van der Waals surface area contributed by atoms with Crippen molar-refractivity contribution in [2.45, 2.75) is 89.6 Å². The first-order valence-corrected chi connectivity index (χ1v) is 8.91. The third-order valence-corrected chi connectivity index (χ3v) is 5.35.